The number of hydrogen-bond donors (Lipinski definition) is 2. The van der Waals surface area contributed by atoms with Gasteiger partial charge in [0.05, 0.1) is 4.47 Å². The monoisotopic (exact) mass is 434 g/mol. The van der Waals surface area contributed by atoms with Crippen molar-refractivity contribution in [2.75, 3.05) is 26.2 Å². The van der Waals surface area contributed by atoms with Crippen LogP contribution in [0.25, 0.3) is 0 Å². The summed E-state index contributed by atoms with van der Waals surface area (Å²) in [6.07, 6.45) is 0. The molecule has 0 amide bonds. The summed E-state index contributed by atoms with van der Waals surface area (Å²) in [6.45, 7) is 6.18. The van der Waals surface area contributed by atoms with Crippen LogP contribution in [0.3, 0.4) is 0 Å². The molecule has 1 aromatic carbocycles. The molecule has 0 unspecified atom stereocenters. The third-order valence-corrected chi connectivity index (χ3v) is 4.56. The molecule has 7 heteroatoms. The van der Waals surface area contributed by atoms with Crippen LogP contribution in [-0.2, 0) is 0 Å². The Labute approximate surface area is 143 Å². The zero-order valence-corrected chi connectivity index (χ0v) is 15.3. The van der Waals surface area contributed by atoms with E-state index in [4.69, 9.17) is 0 Å². The number of piperazine rings is 1. The van der Waals surface area contributed by atoms with Gasteiger partial charge in [-0.15, -0.1) is 24.8 Å². The second-order valence-electron chi connectivity index (χ2n) is 4.25. The highest BCUT2D eigenvalue weighted by molar-refractivity contribution is 9.11. The van der Waals surface area contributed by atoms with Crippen LogP contribution >= 0.6 is 56.7 Å². The fourth-order valence-electron chi connectivity index (χ4n) is 2.21. The van der Waals surface area contributed by atoms with Crippen molar-refractivity contribution >= 4 is 56.7 Å². The molecule has 19 heavy (non-hydrogen) atoms. The molecule has 1 saturated heterocycles. The van der Waals surface area contributed by atoms with E-state index >= 15 is 0 Å². The summed E-state index contributed by atoms with van der Waals surface area (Å²) in [7, 11) is 0. The maximum Gasteiger partial charge on any atom is 0.135 e. The molecule has 0 bridgehead atoms. The van der Waals surface area contributed by atoms with Crippen LogP contribution in [0.2, 0.25) is 0 Å². The summed E-state index contributed by atoms with van der Waals surface area (Å²) in [5, 5.41) is 13.5. The lowest BCUT2D eigenvalue weighted by molar-refractivity contribution is 0.182. The predicted molar refractivity (Wildman–Crippen MR) is 90.9 cm³/mol. The minimum atomic E-state index is 0. The van der Waals surface area contributed by atoms with Gasteiger partial charge in [-0.05, 0) is 35.0 Å². The predicted octanol–water partition coefficient (Wildman–Crippen LogP) is 3.73. The van der Waals surface area contributed by atoms with E-state index in [1.54, 1.807) is 0 Å². The summed E-state index contributed by atoms with van der Waals surface area (Å²) in [4.78, 5) is 2.38. The fourth-order valence-corrected chi connectivity index (χ4v) is 3.20. The molecule has 0 aliphatic carbocycles. The highest BCUT2D eigenvalue weighted by Crippen LogP contribution is 2.39. The van der Waals surface area contributed by atoms with Gasteiger partial charge in [0, 0.05) is 42.3 Å². The van der Waals surface area contributed by atoms with Crippen LogP contribution in [0.15, 0.2) is 21.1 Å². The first-order valence-electron chi connectivity index (χ1n) is 5.73. The molecule has 110 valence electrons. The molecule has 1 aliphatic heterocycles. The summed E-state index contributed by atoms with van der Waals surface area (Å²) in [5.74, 6) is 0.338. The van der Waals surface area contributed by atoms with E-state index in [0.717, 1.165) is 40.7 Å². The van der Waals surface area contributed by atoms with Crippen molar-refractivity contribution in [2.24, 2.45) is 0 Å². The van der Waals surface area contributed by atoms with E-state index in [0.29, 0.717) is 5.75 Å². The van der Waals surface area contributed by atoms with E-state index in [1.165, 1.54) is 0 Å². The first-order valence-corrected chi connectivity index (χ1v) is 7.31. The highest BCUT2D eigenvalue weighted by Gasteiger charge is 2.23. The first-order chi connectivity index (χ1) is 8.11. The Bertz CT molecular complexity index is 415. The number of phenols is 1. The van der Waals surface area contributed by atoms with Gasteiger partial charge < -0.3 is 10.4 Å². The Balaban J connectivity index is 0.00000162. The van der Waals surface area contributed by atoms with Crippen LogP contribution in [0.5, 0.6) is 5.75 Å². The van der Waals surface area contributed by atoms with Crippen molar-refractivity contribution < 1.29 is 5.11 Å². The molecule has 0 spiro atoms. The Hall–Kier alpha value is 0.480. The summed E-state index contributed by atoms with van der Waals surface area (Å²) in [6, 6.07) is 4.04. The van der Waals surface area contributed by atoms with Crippen LogP contribution in [-0.4, -0.2) is 36.2 Å². The smallest absolute Gasteiger partial charge is 0.135 e. The molecule has 0 aromatic heterocycles. The van der Waals surface area contributed by atoms with Gasteiger partial charge in [-0.2, -0.15) is 0 Å². The molecule has 1 heterocycles. The van der Waals surface area contributed by atoms with Crippen molar-refractivity contribution in [1.29, 1.82) is 0 Å². The molecule has 3 nitrogen and oxygen atoms in total. The minimum absolute atomic E-state index is 0. The Morgan fingerprint density at radius 1 is 1.16 bits per heavy atom. The van der Waals surface area contributed by atoms with Gasteiger partial charge in [-0.3, -0.25) is 4.90 Å². The second-order valence-corrected chi connectivity index (χ2v) is 5.96. The molecule has 0 saturated carbocycles. The lowest BCUT2D eigenvalue weighted by Crippen LogP contribution is -2.44. The molecule has 1 fully saturated rings. The Morgan fingerprint density at radius 2 is 1.68 bits per heavy atom. The van der Waals surface area contributed by atoms with E-state index in [9.17, 15) is 5.11 Å². The lowest BCUT2D eigenvalue weighted by atomic mass is 10.1. The maximum atomic E-state index is 10.2. The van der Waals surface area contributed by atoms with Crippen molar-refractivity contribution in [3.8, 4) is 5.75 Å². The quantitative estimate of drug-likeness (QED) is 0.741. The second kappa shape index (κ2) is 8.70. The number of nitrogens with zero attached hydrogens (tertiary/aromatic N) is 1. The number of rotatable bonds is 2. The number of hydrogen-bond acceptors (Lipinski definition) is 3. The van der Waals surface area contributed by atoms with E-state index in [-0.39, 0.29) is 30.9 Å². The molecule has 1 aliphatic rings. The number of nitrogens with one attached hydrogen (secondary N) is 1. The molecule has 2 rings (SSSR count). The zero-order chi connectivity index (χ0) is 12.4. The maximum absolute atomic E-state index is 10.2. The first kappa shape index (κ1) is 19.5. The van der Waals surface area contributed by atoms with Crippen molar-refractivity contribution in [3.05, 3.63) is 26.6 Å². The SMILES string of the molecule is C[C@H](c1c(Br)ccc(Br)c1O)N1CCNCC1.Cl.Cl. The highest BCUT2D eigenvalue weighted by atomic mass is 79.9. The number of phenolic OH excluding ortho intramolecular Hbond substituents is 1. The molecular formula is C12H18Br2Cl2N2O. The average molecular weight is 437 g/mol. The summed E-state index contributed by atoms with van der Waals surface area (Å²) < 4.78 is 1.71. The Morgan fingerprint density at radius 3 is 2.26 bits per heavy atom. The van der Waals surface area contributed by atoms with Gasteiger partial charge in [0.2, 0.25) is 0 Å². The third-order valence-electron chi connectivity index (χ3n) is 3.23. The van der Waals surface area contributed by atoms with Gasteiger partial charge in [0.25, 0.3) is 0 Å². The largest absolute Gasteiger partial charge is 0.506 e. The van der Waals surface area contributed by atoms with Crippen molar-refractivity contribution in [2.45, 2.75) is 13.0 Å². The average Bonchev–Trinajstić information content (AvgIpc) is 2.35. The standard InChI is InChI=1S/C12H16Br2N2O.2ClH/c1-8(16-6-4-15-5-7-16)11-9(13)2-3-10(14)12(11)17;;/h2-3,8,15,17H,4-7H2,1H3;2*1H/t8-;;/m1../s1. The van der Waals surface area contributed by atoms with Gasteiger partial charge in [-0.25, -0.2) is 0 Å². The minimum Gasteiger partial charge on any atom is -0.506 e. The van der Waals surface area contributed by atoms with Gasteiger partial charge in [0.1, 0.15) is 5.75 Å². The van der Waals surface area contributed by atoms with Crippen LogP contribution in [0.4, 0.5) is 0 Å². The Kier molecular flexibility index (Phi) is 8.92. The van der Waals surface area contributed by atoms with E-state index in [1.807, 2.05) is 12.1 Å². The van der Waals surface area contributed by atoms with Crippen molar-refractivity contribution in [3.63, 3.8) is 0 Å². The van der Waals surface area contributed by atoms with Crippen LogP contribution < -0.4 is 5.32 Å². The topological polar surface area (TPSA) is 35.5 Å². The van der Waals surface area contributed by atoms with Gasteiger partial charge in [-0.1, -0.05) is 15.9 Å². The molecule has 2 N–H and O–H groups in total. The summed E-state index contributed by atoms with van der Waals surface area (Å²) >= 11 is 6.90. The van der Waals surface area contributed by atoms with Gasteiger partial charge in [0.15, 0.2) is 0 Å². The van der Waals surface area contributed by atoms with Crippen LogP contribution in [0.1, 0.15) is 18.5 Å². The normalized spacial score (nSPS) is 17.2. The third kappa shape index (κ3) is 4.48. The lowest BCUT2D eigenvalue weighted by Gasteiger charge is -2.33. The summed E-state index contributed by atoms with van der Waals surface area (Å²) in [5.41, 5.74) is 0.960. The van der Waals surface area contributed by atoms with Gasteiger partial charge >= 0.3 is 0 Å². The number of halogens is 4. The zero-order valence-electron chi connectivity index (χ0n) is 10.5. The van der Waals surface area contributed by atoms with Crippen LogP contribution in [0, 0.1) is 0 Å². The van der Waals surface area contributed by atoms with E-state index in [2.05, 4.69) is 49.0 Å². The van der Waals surface area contributed by atoms with E-state index < -0.39 is 0 Å². The van der Waals surface area contributed by atoms with Crippen molar-refractivity contribution in [1.82, 2.24) is 10.2 Å². The number of benzene rings is 1. The molecule has 1 aromatic rings. The molecule has 0 radical (unpaired) electrons. The molecule has 1 atom stereocenters. The molecular weight excluding hydrogens is 419 g/mol. The number of aromatic hydroxyl groups is 1. The fraction of sp³-hybridized carbons (Fsp3) is 0.500.